The van der Waals surface area contributed by atoms with Gasteiger partial charge in [-0.25, -0.2) is 18.1 Å². The van der Waals surface area contributed by atoms with Gasteiger partial charge in [0.05, 0.1) is 0 Å². The molecule has 0 atom stereocenters. The van der Waals surface area contributed by atoms with Gasteiger partial charge in [-0.15, -0.1) is 0 Å². The van der Waals surface area contributed by atoms with Gasteiger partial charge in [-0.1, -0.05) is 6.92 Å². The average Bonchev–Trinajstić information content (AvgIpc) is 2.28. The topological polar surface area (TPSA) is 71.1 Å². The first-order valence-electron chi connectivity index (χ1n) is 5.29. The van der Waals surface area contributed by atoms with Crippen molar-refractivity contribution in [3.8, 4) is 0 Å². The third-order valence-electron chi connectivity index (χ3n) is 1.95. The number of rotatable bonds is 6. The number of pyridine rings is 1. The quantitative estimate of drug-likeness (QED) is 0.787. The fourth-order valence-corrected chi connectivity index (χ4v) is 2.22. The minimum absolute atomic E-state index is 0.197. The average molecular weight is 243 g/mol. The monoisotopic (exact) mass is 243 g/mol. The molecule has 0 aromatic carbocycles. The molecule has 1 aromatic rings. The Morgan fingerprint density at radius 2 is 2.06 bits per heavy atom. The van der Waals surface area contributed by atoms with E-state index in [-0.39, 0.29) is 4.90 Å². The molecular weight excluding hydrogens is 226 g/mol. The number of aromatic nitrogens is 1. The summed E-state index contributed by atoms with van der Waals surface area (Å²) in [6.07, 6.45) is 2.12. The van der Waals surface area contributed by atoms with Crippen molar-refractivity contribution in [1.29, 1.82) is 0 Å². The van der Waals surface area contributed by atoms with Crippen molar-refractivity contribution in [3.63, 3.8) is 0 Å². The molecule has 0 saturated carbocycles. The van der Waals surface area contributed by atoms with Gasteiger partial charge in [0.15, 0.2) is 0 Å². The zero-order valence-corrected chi connectivity index (χ0v) is 10.3. The maximum absolute atomic E-state index is 11.7. The molecule has 0 spiro atoms. The number of nitrogens with one attached hydrogen (secondary N) is 2. The molecule has 0 bridgehead atoms. The molecule has 0 fully saturated rings. The molecule has 16 heavy (non-hydrogen) atoms. The van der Waals surface area contributed by atoms with Crippen LogP contribution in [-0.4, -0.2) is 26.5 Å². The molecule has 0 amide bonds. The summed E-state index contributed by atoms with van der Waals surface area (Å²) >= 11 is 0. The van der Waals surface area contributed by atoms with Crippen LogP contribution in [0, 0.1) is 0 Å². The third kappa shape index (κ3) is 3.46. The van der Waals surface area contributed by atoms with Gasteiger partial charge in [-0.05, 0) is 25.5 Å². The van der Waals surface area contributed by atoms with Crippen LogP contribution < -0.4 is 10.0 Å². The summed E-state index contributed by atoms with van der Waals surface area (Å²) < 4.78 is 25.9. The molecule has 90 valence electrons. The standard InChI is InChI=1S/C10H17N3O2S/c1-3-7-13-16(14,15)9-5-6-10(11-4-2)12-8-9/h5-6,8,13H,3-4,7H2,1-2H3,(H,11,12). The van der Waals surface area contributed by atoms with Crippen molar-refractivity contribution in [1.82, 2.24) is 9.71 Å². The summed E-state index contributed by atoms with van der Waals surface area (Å²) in [4.78, 5) is 4.21. The number of anilines is 1. The predicted octanol–water partition coefficient (Wildman–Crippen LogP) is 1.20. The highest BCUT2D eigenvalue weighted by atomic mass is 32.2. The van der Waals surface area contributed by atoms with E-state index in [0.717, 1.165) is 13.0 Å². The summed E-state index contributed by atoms with van der Waals surface area (Å²) in [5.74, 6) is 0.678. The normalized spacial score (nSPS) is 11.4. The Kier molecular flexibility index (Phi) is 4.70. The van der Waals surface area contributed by atoms with Crippen molar-refractivity contribution in [3.05, 3.63) is 18.3 Å². The van der Waals surface area contributed by atoms with Gasteiger partial charge in [0.2, 0.25) is 10.0 Å². The van der Waals surface area contributed by atoms with Crippen LogP contribution in [-0.2, 0) is 10.0 Å². The highest BCUT2D eigenvalue weighted by Gasteiger charge is 2.12. The molecule has 0 saturated heterocycles. The van der Waals surface area contributed by atoms with Crippen molar-refractivity contribution >= 4 is 15.8 Å². The highest BCUT2D eigenvalue weighted by molar-refractivity contribution is 7.89. The zero-order valence-electron chi connectivity index (χ0n) is 9.53. The molecule has 0 radical (unpaired) electrons. The lowest BCUT2D eigenvalue weighted by Crippen LogP contribution is -2.24. The summed E-state index contributed by atoms with van der Waals surface area (Å²) in [6, 6.07) is 3.20. The lowest BCUT2D eigenvalue weighted by atomic mass is 10.4. The number of hydrogen-bond donors (Lipinski definition) is 2. The van der Waals surface area contributed by atoms with E-state index in [1.165, 1.54) is 6.20 Å². The van der Waals surface area contributed by atoms with Crippen molar-refractivity contribution in [2.45, 2.75) is 25.2 Å². The van der Waals surface area contributed by atoms with E-state index in [1.807, 2.05) is 13.8 Å². The van der Waals surface area contributed by atoms with Crippen molar-refractivity contribution in [2.24, 2.45) is 0 Å². The minimum Gasteiger partial charge on any atom is -0.370 e. The second kappa shape index (κ2) is 5.81. The predicted molar refractivity (Wildman–Crippen MR) is 63.9 cm³/mol. The fraction of sp³-hybridized carbons (Fsp3) is 0.500. The highest BCUT2D eigenvalue weighted by Crippen LogP contribution is 2.10. The van der Waals surface area contributed by atoms with Crippen LogP contribution in [0.1, 0.15) is 20.3 Å². The Morgan fingerprint density at radius 3 is 2.56 bits per heavy atom. The van der Waals surface area contributed by atoms with Crippen LogP contribution >= 0.6 is 0 Å². The molecule has 1 aromatic heterocycles. The number of sulfonamides is 1. The molecule has 0 aliphatic rings. The van der Waals surface area contributed by atoms with Crippen LogP contribution in [0.25, 0.3) is 0 Å². The maximum atomic E-state index is 11.7. The van der Waals surface area contributed by atoms with Gasteiger partial charge in [0.25, 0.3) is 0 Å². The van der Waals surface area contributed by atoms with E-state index < -0.39 is 10.0 Å². The second-order valence-electron chi connectivity index (χ2n) is 3.31. The zero-order chi connectivity index (χ0) is 12.0. The first-order chi connectivity index (χ1) is 7.60. The van der Waals surface area contributed by atoms with Gasteiger partial charge < -0.3 is 5.32 Å². The Bertz CT molecular complexity index is 414. The minimum atomic E-state index is -3.39. The molecule has 6 heteroatoms. The molecule has 0 unspecified atom stereocenters. The third-order valence-corrected chi connectivity index (χ3v) is 3.39. The molecule has 1 heterocycles. The summed E-state index contributed by atoms with van der Waals surface area (Å²) in [5, 5.41) is 3.00. The molecular formula is C10H17N3O2S. The van der Waals surface area contributed by atoms with Gasteiger partial charge in [-0.3, -0.25) is 0 Å². The molecule has 5 nitrogen and oxygen atoms in total. The fourth-order valence-electron chi connectivity index (χ4n) is 1.14. The van der Waals surface area contributed by atoms with Crippen LogP contribution in [0.2, 0.25) is 0 Å². The summed E-state index contributed by atoms with van der Waals surface area (Å²) in [7, 11) is -3.39. The van der Waals surface area contributed by atoms with Gasteiger partial charge in [0.1, 0.15) is 10.7 Å². The van der Waals surface area contributed by atoms with Gasteiger partial charge >= 0.3 is 0 Å². The van der Waals surface area contributed by atoms with Crippen LogP contribution in [0.3, 0.4) is 0 Å². The van der Waals surface area contributed by atoms with E-state index in [0.29, 0.717) is 12.4 Å². The van der Waals surface area contributed by atoms with E-state index in [4.69, 9.17) is 0 Å². The van der Waals surface area contributed by atoms with Gasteiger partial charge in [-0.2, -0.15) is 0 Å². The van der Waals surface area contributed by atoms with E-state index in [2.05, 4.69) is 15.0 Å². The van der Waals surface area contributed by atoms with Gasteiger partial charge in [0, 0.05) is 19.3 Å². The maximum Gasteiger partial charge on any atom is 0.242 e. The number of nitrogens with zero attached hydrogens (tertiary/aromatic N) is 1. The second-order valence-corrected chi connectivity index (χ2v) is 5.07. The Hall–Kier alpha value is -1.14. The van der Waals surface area contributed by atoms with Crippen LogP contribution in [0.4, 0.5) is 5.82 Å². The molecule has 0 aliphatic heterocycles. The largest absolute Gasteiger partial charge is 0.370 e. The first kappa shape index (κ1) is 12.9. The van der Waals surface area contributed by atoms with E-state index in [9.17, 15) is 8.42 Å². The SMILES string of the molecule is CCCNS(=O)(=O)c1ccc(NCC)nc1. The van der Waals surface area contributed by atoms with Crippen molar-refractivity contribution < 1.29 is 8.42 Å². The Balaban J connectivity index is 2.80. The lowest BCUT2D eigenvalue weighted by Gasteiger charge is -2.06. The van der Waals surface area contributed by atoms with Crippen LogP contribution in [0.5, 0.6) is 0 Å². The molecule has 1 rings (SSSR count). The smallest absolute Gasteiger partial charge is 0.242 e. The van der Waals surface area contributed by atoms with E-state index >= 15 is 0 Å². The van der Waals surface area contributed by atoms with E-state index in [1.54, 1.807) is 12.1 Å². The lowest BCUT2D eigenvalue weighted by molar-refractivity contribution is 0.580. The van der Waals surface area contributed by atoms with Crippen LogP contribution in [0.15, 0.2) is 23.2 Å². The molecule has 0 aliphatic carbocycles. The molecule has 2 N–H and O–H groups in total. The summed E-state index contributed by atoms with van der Waals surface area (Å²) in [6.45, 7) is 5.06. The Labute approximate surface area is 96.3 Å². The van der Waals surface area contributed by atoms with Crippen molar-refractivity contribution in [2.75, 3.05) is 18.4 Å². The summed E-state index contributed by atoms with van der Waals surface area (Å²) in [5.41, 5.74) is 0. The number of hydrogen-bond acceptors (Lipinski definition) is 4. The Morgan fingerprint density at radius 1 is 1.31 bits per heavy atom. The first-order valence-corrected chi connectivity index (χ1v) is 6.78.